The van der Waals surface area contributed by atoms with Crippen LogP contribution in [0.25, 0.3) is 10.9 Å². The first-order chi connectivity index (χ1) is 12.3. The third kappa shape index (κ3) is 5.06. The Labute approximate surface area is 155 Å². The van der Waals surface area contributed by atoms with Gasteiger partial charge in [-0.1, -0.05) is 23.9 Å². The van der Waals surface area contributed by atoms with Gasteiger partial charge in [-0.2, -0.15) is 0 Å². The summed E-state index contributed by atoms with van der Waals surface area (Å²) in [4.78, 5) is 41.6. The normalized spacial score (nSPS) is 12.3. The molecule has 0 fully saturated rings. The van der Waals surface area contributed by atoms with Gasteiger partial charge in [0.05, 0.1) is 36.8 Å². The van der Waals surface area contributed by atoms with Gasteiger partial charge in [0.2, 0.25) is 5.91 Å². The minimum Gasteiger partial charge on any atom is -0.351 e. The quantitative estimate of drug-likeness (QED) is 0.449. The van der Waals surface area contributed by atoms with Crippen LogP contribution in [0.1, 0.15) is 13.3 Å². The number of hydrogen-bond acceptors (Lipinski definition) is 5. The van der Waals surface area contributed by atoms with Gasteiger partial charge in [0.25, 0.3) is 5.56 Å². The number of para-hydroxylation sites is 1. The van der Waals surface area contributed by atoms with Gasteiger partial charge in [-0.15, -0.1) is 0 Å². The van der Waals surface area contributed by atoms with E-state index in [-0.39, 0.29) is 5.56 Å². The van der Waals surface area contributed by atoms with E-state index in [0.29, 0.717) is 22.6 Å². The van der Waals surface area contributed by atoms with Crippen LogP contribution in [0.4, 0.5) is 4.79 Å². The minimum absolute atomic E-state index is 0.130. The van der Waals surface area contributed by atoms with Crippen molar-refractivity contribution in [2.45, 2.75) is 30.3 Å². The van der Waals surface area contributed by atoms with Crippen molar-refractivity contribution in [3.63, 3.8) is 0 Å². The molecule has 8 nitrogen and oxygen atoms in total. The first-order valence-electron chi connectivity index (χ1n) is 8.35. The van der Waals surface area contributed by atoms with Crippen LogP contribution in [0.15, 0.2) is 34.2 Å². The van der Waals surface area contributed by atoms with Gasteiger partial charge in [-0.25, -0.2) is 9.78 Å². The summed E-state index contributed by atoms with van der Waals surface area (Å²) in [5.41, 5.74) is 5.44. The number of quaternary nitrogens is 1. The molecular weight excluding hydrogens is 354 g/mol. The summed E-state index contributed by atoms with van der Waals surface area (Å²) in [6.45, 7) is 3.05. The van der Waals surface area contributed by atoms with Gasteiger partial charge in [-0.05, 0) is 19.1 Å². The van der Waals surface area contributed by atoms with E-state index in [1.54, 1.807) is 29.7 Å². The largest absolute Gasteiger partial charge is 0.351 e. The Hall–Kier alpha value is -2.39. The predicted octanol–water partition coefficient (Wildman–Crippen LogP) is -0.393. The molecule has 0 aliphatic carbocycles. The molecule has 9 heteroatoms. The fourth-order valence-electron chi connectivity index (χ4n) is 2.46. The summed E-state index contributed by atoms with van der Waals surface area (Å²) in [6.07, 6.45) is 0.803. The topological polar surface area (TPSA) is 112 Å². The van der Waals surface area contributed by atoms with Crippen LogP contribution in [0, 0.1) is 0 Å². The van der Waals surface area contributed by atoms with Crippen LogP contribution in [0.3, 0.4) is 0 Å². The molecule has 0 unspecified atom stereocenters. The number of amides is 3. The molecule has 0 saturated heterocycles. The third-order valence-electron chi connectivity index (χ3n) is 3.78. The number of benzene rings is 1. The Kier molecular flexibility index (Phi) is 6.76. The SMILES string of the molecule is C[C@H](Sc1nc2ccccc2c(=O)n1CCC[NH+](C)C)C(=O)NC(N)=O. The Morgan fingerprint density at radius 2 is 2.04 bits per heavy atom. The first-order valence-corrected chi connectivity index (χ1v) is 9.23. The average molecular weight is 378 g/mol. The van der Waals surface area contributed by atoms with Gasteiger partial charge in [-0.3, -0.25) is 19.5 Å². The lowest BCUT2D eigenvalue weighted by atomic mass is 10.2. The van der Waals surface area contributed by atoms with Crippen molar-refractivity contribution in [1.82, 2.24) is 14.9 Å². The molecule has 1 aromatic carbocycles. The van der Waals surface area contributed by atoms with Crippen LogP contribution >= 0.6 is 11.8 Å². The highest BCUT2D eigenvalue weighted by Crippen LogP contribution is 2.22. The average Bonchev–Trinajstić information content (AvgIpc) is 2.56. The van der Waals surface area contributed by atoms with Gasteiger partial charge in [0.15, 0.2) is 5.16 Å². The fourth-order valence-corrected chi connectivity index (χ4v) is 3.39. The zero-order chi connectivity index (χ0) is 19.3. The lowest BCUT2D eigenvalue weighted by Crippen LogP contribution is -3.05. The van der Waals surface area contributed by atoms with Crippen molar-refractivity contribution in [3.05, 3.63) is 34.6 Å². The van der Waals surface area contributed by atoms with Crippen LogP contribution in [-0.2, 0) is 11.3 Å². The summed E-state index contributed by atoms with van der Waals surface area (Å²) in [7, 11) is 4.10. The highest BCUT2D eigenvalue weighted by Gasteiger charge is 2.20. The summed E-state index contributed by atoms with van der Waals surface area (Å²) in [5, 5.41) is 2.43. The molecule has 0 aliphatic rings. The lowest BCUT2D eigenvalue weighted by Gasteiger charge is -2.16. The number of nitrogens with two attached hydrogens (primary N) is 1. The van der Waals surface area contributed by atoms with Crippen LogP contribution in [0.2, 0.25) is 0 Å². The molecule has 2 aromatic rings. The molecule has 0 bridgehead atoms. The lowest BCUT2D eigenvalue weighted by molar-refractivity contribution is -0.858. The van der Waals surface area contributed by atoms with Crippen molar-refractivity contribution in [3.8, 4) is 0 Å². The second-order valence-corrected chi connectivity index (χ2v) is 7.60. The maximum atomic E-state index is 12.9. The summed E-state index contributed by atoms with van der Waals surface area (Å²) in [5.74, 6) is -0.519. The van der Waals surface area contributed by atoms with E-state index < -0.39 is 17.2 Å². The van der Waals surface area contributed by atoms with Gasteiger partial charge >= 0.3 is 6.03 Å². The number of primary amides is 1. The third-order valence-corrected chi connectivity index (χ3v) is 4.87. The number of nitrogens with one attached hydrogen (secondary N) is 2. The van der Waals surface area contributed by atoms with E-state index >= 15 is 0 Å². The zero-order valence-corrected chi connectivity index (χ0v) is 15.9. The van der Waals surface area contributed by atoms with Crippen molar-refractivity contribution in [2.75, 3.05) is 20.6 Å². The molecule has 2 rings (SSSR count). The van der Waals surface area contributed by atoms with E-state index in [0.717, 1.165) is 24.7 Å². The summed E-state index contributed by atoms with van der Waals surface area (Å²) < 4.78 is 1.60. The maximum absolute atomic E-state index is 12.9. The molecule has 26 heavy (non-hydrogen) atoms. The number of nitrogens with zero attached hydrogens (tertiary/aromatic N) is 2. The van der Waals surface area contributed by atoms with Crippen molar-refractivity contribution < 1.29 is 14.5 Å². The second kappa shape index (κ2) is 8.81. The van der Waals surface area contributed by atoms with Crippen molar-refractivity contribution in [1.29, 1.82) is 0 Å². The van der Waals surface area contributed by atoms with Crippen LogP contribution < -0.4 is 21.5 Å². The number of hydrogen-bond donors (Lipinski definition) is 3. The fraction of sp³-hybridized carbons (Fsp3) is 0.412. The van der Waals surface area contributed by atoms with Crippen LogP contribution in [0.5, 0.6) is 0 Å². The predicted molar refractivity (Wildman–Crippen MR) is 101 cm³/mol. The van der Waals surface area contributed by atoms with E-state index in [2.05, 4.69) is 10.3 Å². The second-order valence-electron chi connectivity index (χ2n) is 6.29. The maximum Gasteiger partial charge on any atom is 0.318 e. The van der Waals surface area contributed by atoms with Crippen molar-refractivity contribution in [2.24, 2.45) is 5.73 Å². The Balaban J connectivity index is 2.36. The Morgan fingerprint density at radius 1 is 1.35 bits per heavy atom. The Bertz CT molecular complexity index is 865. The smallest absolute Gasteiger partial charge is 0.318 e. The van der Waals surface area contributed by atoms with Gasteiger partial charge < -0.3 is 10.6 Å². The number of urea groups is 1. The monoisotopic (exact) mass is 378 g/mol. The van der Waals surface area contributed by atoms with Crippen LogP contribution in [-0.4, -0.2) is 47.4 Å². The number of carbonyl (C=O) groups excluding carboxylic acids is 2. The molecule has 1 heterocycles. The molecule has 1 aromatic heterocycles. The molecule has 3 amide bonds. The van der Waals surface area contributed by atoms with E-state index in [4.69, 9.17) is 5.73 Å². The minimum atomic E-state index is -0.903. The molecule has 0 saturated carbocycles. The molecule has 0 spiro atoms. The number of fused-ring (bicyclic) bond motifs is 1. The first kappa shape index (κ1) is 19.9. The zero-order valence-electron chi connectivity index (χ0n) is 15.1. The molecule has 1 atom stereocenters. The number of rotatable bonds is 7. The molecular formula is C17H24N5O3S+. The van der Waals surface area contributed by atoms with E-state index in [1.165, 1.54) is 4.90 Å². The molecule has 0 aliphatic heterocycles. The van der Waals surface area contributed by atoms with E-state index in [1.807, 2.05) is 20.2 Å². The standard InChI is InChI=1S/C17H23N5O3S/c1-11(14(23)20-16(18)25)26-17-19-13-8-5-4-7-12(13)15(24)22(17)10-6-9-21(2)3/h4-5,7-8,11H,6,9-10H2,1-3H3,(H3,18,20,23,25)/p+1/t11-/m0/s1. The number of aromatic nitrogens is 2. The molecule has 4 N–H and O–H groups in total. The highest BCUT2D eigenvalue weighted by molar-refractivity contribution is 8.00. The van der Waals surface area contributed by atoms with Gasteiger partial charge in [0, 0.05) is 13.0 Å². The molecule has 0 radical (unpaired) electrons. The number of imide groups is 1. The summed E-state index contributed by atoms with van der Waals surface area (Å²) in [6, 6.07) is 6.22. The van der Waals surface area contributed by atoms with Crippen molar-refractivity contribution >= 4 is 34.6 Å². The Morgan fingerprint density at radius 3 is 2.69 bits per heavy atom. The molecule has 140 valence electrons. The summed E-state index contributed by atoms with van der Waals surface area (Å²) >= 11 is 1.13. The van der Waals surface area contributed by atoms with E-state index in [9.17, 15) is 14.4 Å². The number of thioether (sulfide) groups is 1. The van der Waals surface area contributed by atoms with Gasteiger partial charge in [0.1, 0.15) is 0 Å². The number of carbonyl (C=O) groups is 2. The highest BCUT2D eigenvalue weighted by atomic mass is 32.2.